The number of benzene rings is 2. The molecule has 0 unspecified atom stereocenters. The van der Waals surface area contributed by atoms with E-state index in [2.05, 4.69) is 26.6 Å². The summed E-state index contributed by atoms with van der Waals surface area (Å²) in [7, 11) is 8.22. The van der Waals surface area contributed by atoms with E-state index in [9.17, 15) is 53.1 Å². The summed E-state index contributed by atoms with van der Waals surface area (Å²) >= 11 is 0. The molecule has 26 heteroatoms. The molecular weight excluding hydrogens is 1260 g/mol. The molecule has 0 aromatic heterocycles. The van der Waals surface area contributed by atoms with E-state index in [0.717, 1.165) is 26.0 Å². The maximum absolute atomic E-state index is 15.2. The average Bonchev–Trinajstić information content (AvgIpc) is 0.832. The molecule has 2 aliphatic rings. The van der Waals surface area contributed by atoms with Crippen molar-refractivity contribution in [2.45, 2.75) is 226 Å². The van der Waals surface area contributed by atoms with E-state index in [1.165, 1.54) is 65.9 Å². The second-order valence-electron chi connectivity index (χ2n) is 28.7. The van der Waals surface area contributed by atoms with Gasteiger partial charge in [0.2, 0.25) is 70.9 Å². The normalized spacial score (nSPS) is 25.3. The van der Waals surface area contributed by atoms with Gasteiger partial charge in [-0.15, -0.1) is 0 Å². The lowest BCUT2D eigenvalue weighted by molar-refractivity contribution is -0.151. The Morgan fingerprint density at radius 1 is 0.561 bits per heavy atom. The minimum Gasteiger partial charge on any atom is -0.390 e. The lowest BCUT2D eigenvalue weighted by Gasteiger charge is -2.37. The smallest absolute Gasteiger partial charge is 0.248 e. The highest BCUT2D eigenvalue weighted by molar-refractivity contribution is 6.00. The highest BCUT2D eigenvalue weighted by Crippen LogP contribution is 2.22. The fraction of sp³-hybridized carbons (Fsp3) is 0.667. The van der Waals surface area contributed by atoms with E-state index in [1.54, 1.807) is 100 Å². The molecule has 2 aromatic carbocycles. The van der Waals surface area contributed by atoms with Gasteiger partial charge in [-0.2, -0.15) is 0 Å². The first-order chi connectivity index (χ1) is 45.9. The van der Waals surface area contributed by atoms with Gasteiger partial charge < -0.3 is 70.7 Å². The van der Waals surface area contributed by atoms with Crippen molar-refractivity contribution in [3.05, 3.63) is 71.8 Å². The van der Waals surface area contributed by atoms with Gasteiger partial charge in [0, 0.05) is 68.2 Å². The number of likely N-dealkylation sites (tertiary alicyclic amines) is 1. The summed E-state index contributed by atoms with van der Waals surface area (Å²) in [6.07, 6.45) is 1.20. The van der Waals surface area contributed by atoms with Crippen molar-refractivity contribution in [2.24, 2.45) is 17.8 Å². The number of rotatable bonds is 16. The molecule has 98 heavy (non-hydrogen) atoms. The third kappa shape index (κ3) is 24.2. The molecule has 546 valence electrons. The third-order valence-corrected chi connectivity index (χ3v) is 18.2. The first-order valence-electron chi connectivity index (χ1n) is 34.7. The number of nitrogens with zero attached hydrogens (tertiary/aromatic N) is 7. The SMILES string of the molecule is CCCC[C@@H](O)[C@@H]1NC(=O)[C@H](CC(C)C)N(C)C(=O)[C@H](C)NC(=O)[C@H](Cc2ccccc2)N(C)C(=O)[C@@H](C(C)C)NC(=O)C[C@@H](C(=O)N2CCCCC2)NC(=O)[C@H](C)N(C)C(=O)[C@H](Cc2ccccc2)N(C)C(=O)[C@H](COC(C)(C)C)NC(=O)[C@H](CC(C)C)N(C)C(=O)CN(C)C1=O. The molecule has 2 aromatic rings. The molecule has 12 amide bonds. The molecule has 0 spiro atoms. The maximum Gasteiger partial charge on any atom is 0.248 e. The highest BCUT2D eigenvalue weighted by atomic mass is 16.5. The minimum atomic E-state index is -1.64. The standard InChI is InChI=1S/C72H114N12O14/c1-19-20-34-57(85)61-70(96)78(13)42-59(87)80(15)53(37-44(2)3)64(90)75-52(43-98-72(10,11)12)67(93)83(18)56(40-50-32-26-22-27-33-50)69(95)79(14)48(9)62(88)74-51(68(94)84-35-28-23-29-36-84)41-58(86)76-60(46(6)7)71(97)82(17)55(39-49-30-24-21-25-31-49)63(89)73-47(8)66(92)81(16)54(38-45(4)5)65(91)77-61/h21-22,24-27,30-33,44-48,51-57,60-61,85H,19-20,23,28-29,34-43H2,1-18H3,(H,73,89)(H,74,88)(H,75,90)(H,76,86)(H,77,91)/t47-,48-,51-,52-,53-,54-,55-,56-,57+,60+,61-/m0/s1. The molecule has 6 N–H and O–H groups in total. The zero-order valence-electron chi connectivity index (χ0n) is 61.3. The van der Waals surface area contributed by atoms with Crippen LogP contribution in [-0.2, 0) is 75.1 Å². The van der Waals surface area contributed by atoms with Crippen molar-refractivity contribution in [3.8, 4) is 0 Å². The van der Waals surface area contributed by atoms with Crippen LogP contribution in [0.1, 0.15) is 152 Å². The summed E-state index contributed by atoms with van der Waals surface area (Å²) in [6, 6.07) is 3.88. The van der Waals surface area contributed by atoms with Crippen LogP contribution >= 0.6 is 0 Å². The van der Waals surface area contributed by atoms with E-state index in [1.807, 2.05) is 34.6 Å². The largest absolute Gasteiger partial charge is 0.390 e. The third-order valence-electron chi connectivity index (χ3n) is 18.2. The number of unbranched alkanes of at least 4 members (excludes halogenated alkanes) is 1. The number of ether oxygens (including phenoxy) is 1. The quantitative estimate of drug-likeness (QED) is 0.141. The number of carbonyl (C=O) groups excluding carboxylic acids is 12. The van der Waals surface area contributed by atoms with Crippen LogP contribution in [0.15, 0.2) is 60.7 Å². The van der Waals surface area contributed by atoms with Crippen molar-refractivity contribution in [3.63, 3.8) is 0 Å². The van der Waals surface area contributed by atoms with Gasteiger partial charge in [-0.1, -0.05) is 122 Å². The van der Waals surface area contributed by atoms with Gasteiger partial charge in [0.1, 0.15) is 60.4 Å². The number of nitrogens with one attached hydrogen (secondary N) is 5. The monoisotopic (exact) mass is 1370 g/mol. The predicted molar refractivity (Wildman–Crippen MR) is 372 cm³/mol. The van der Waals surface area contributed by atoms with Crippen LogP contribution in [0.5, 0.6) is 0 Å². The second kappa shape index (κ2) is 38.4. The van der Waals surface area contributed by atoms with Gasteiger partial charge in [-0.3, -0.25) is 57.5 Å². The van der Waals surface area contributed by atoms with E-state index in [0.29, 0.717) is 49.9 Å². The fourth-order valence-electron chi connectivity index (χ4n) is 11.9. The number of hydrogen-bond donors (Lipinski definition) is 6. The van der Waals surface area contributed by atoms with Gasteiger partial charge in [-0.05, 0) is 102 Å². The number of amides is 12. The summed E-state index contributed by atoms with van der Waals surface area (Å²) in [6.45, 7) is 20.3. The Morgan fingerprint density at radius 2 is 1.06 bits per heavy atom. The number of aliphatic hydroxyl groups is 1. The van der Waals surface area contributed by atoms with Crippen LogP contribution in [-0.4, -0.2) is 251 Å². The van der Waals surface area contributed by atoms with Crippen molar-refractivity contribution in [1.82, 2.24) is 60.9 Å². The first kappa shape index (κ1) is 82.4. The minimum absolute atomic E-state index is 0.0527. The number of piperidine rings is 1. The molecule has 11 atom stereocenters. The van der Waals surface area contributed by atoms with Crippen molar-refractivity contribution >= 4 is 70.9 Å². The number of likely N-dealkylation sites (N-methyl/N-ethyl adjacent to an activating group) is 6. The highest BCUT2D eigenvalue weighted by Gasteiger charge is 2.43. The topological polar surface area (TPSA) is 317 Å². The number of aliphatic hydroxyl groups excluding tert-OH is 1. The Balaban J connectivity index is 1.94. The summed E-state index contributed by atoms with van der Waals surface area (Å²) in [4.78, 5) is 186. The number of hydrogen-bond acceptors (Lipinski definition) is 14. The molecular formula is C72H114N12O14. The summed E-state index contributed by atoms with van der Waals surface area (Å²) in [5.74, 6) is -10.1. The molecule has 26 nitrogen and oxygen atoms in total. The van der Waals surface area contributed by atoms with Crippen LogP contribution < -0.4 is 26.6 Å². The zero-order valence-corrected chi connectivity index (χ0v) is 61.3. The van der Waals surface area contributed by atoms with Crippen molar-refractivity contribution in [1.29, 1.82) is 0 Å². The molecule has 2 heterocycles. The van der Waals surface area contributed by atoms with E-state index >= 15 is 9.59 Å². The molecule has 0 aliphatic carbocycles. The van der Waals surface area contributed by atoms with Gasteiger partial charge in [0.25, 0.3) is 0 Å². The molecule has 4 rings (SSSR count). The van der Waals surface area contributed by atoms with Crippen LogP contribution in [0, 0.1) is 17.8 Å². The number of carbonyl (C=O) groups is 12. The molecule has 0 radical (unpaired) electrons. The van der Waals surface area contributed by atoms with Crippen LogP contribution in [0.25, 0.3) is 0 Å². The van der Waals surface area contributed by atoms with Gasteiger partial charge in [0.15, 0.2) is 0 Å². The second-order valence-corrected chi connectivity index (χ2v) is 28.7. The van der Waals surface area contributed by atoms with E-state index < -0.39 is 168 Å². The summed E-state index contributed by atoms with van der Waals surface area (Å²) in [5, 5.41) is 25.6. The Morgan fingerprint density at radius 3 is 1.58 bits per heavy atom. The molecule has 0 bridgehead atoms. The molecule has 2 aliphatic heterocycles. The molecule has 2 saturated heterocycles. The average molecular weight is 1370 g/mol. The van der Waals surface area contributed by atoms with Gasteiger partial charge in [-0.25, -0.2) is 0 Å². The van der Waals surface area contributed by atoms with Crippen LogP contribution in [0.3, 0.4) is 0 Å². The summed E-state index contributed by atoms with van der Waals surface area (Å²) < 4.78 is 6.17. The maximum atomic E-state index is 15.2. The van der Waals surface area contributed by atoms with Crippen molar-refractivity contribution < 1.29 is 67.4 Å². The van der Waals surface area contributed by atoms with E-state index in [-0.39, 0.29) is 43.9 Å². The molecule has 0 saturated carbocycles. The zero-order chi connectivity index (χ0) is 73.6. The van der Waals surface area contributed by atoms with E-state index in [4.69, 9.17) is 4.74 Å². The molecule has 2 fully saturated rings. The lowest BCUT2D eigenvalue weighted by Crippen LogP contribution is -2.62. The predicted octanol–water partition coefficient (Wildman–Crippen LogP) is 3.06. The first-order valence-corrected chi connectivity index (χ1v) is 34.7. The van der Waals surface area contributed by atoms with Crippen molar-refractivity contribution in [2.75, 3.05) is 68.5 Å². The van der Waals surface area contributed by atoms with Crippen LogP contribution in [0.2, 0.25) is 0 Å². The Kier molecular flexibility index (Phi) is 32.3. The Labute approximate surface area is 580 Å². The lowest BCUT2D eigenvalue weighted by atomic mass is 9.98. The summed E-state index contributed by atoms with van der Waals surface area (Å²) in [5.41, 5.74) is 0.420. The van der Waals surface area contributed by atoms with Gasteiger partial charge >= 0.3 is 0 Å². The van der Waals surface area contributed by atoms with Crippen LogP contribution in [0.4, 0.5) is 0 Å². The van der Waals surface area contributed by atoms with Gasteiger partial charge in [0.05, 0.1) is 31.3 Å². The Bertz CT molecular complexity index is 3030. The fourth-order valence-corrected chi connectivity index (χ4v) is 11.9. The Hall–Kier alpha value is -8.00.